The molecule has 0 saturated heterocycles. The van der Waals surface area contributed by atoms with Gasteiger partial charge in [0, 0.05) is 5.69 Å². The molecule has 1 aromatic carbocycles. The molecule has 3 N–H and O–H groups in total. The van der Waals surface area contributed by atoms with Crippen LogP contribution in [0.25, 0.3) is 0 Å². The first kappa shape index (κ1) is 12.9. The third kappa shape index (κ3) is 2.48. The number of hydrogen-bond donors (Lipinski definition) is 2. The first-order chi connectivity index (χ1) is 8.45. The topological polar surface area (TPSA) is 64.3 Å². The molecule has 1 aromatic rings. The summed E-state index contributed by atoms with van der Waals surface area (Å²) in [6, 6.07) is 5.56. The van der Waals surface area contributed by atoms with Crippen LogP contribution >= 0.6 is 0 Å². The second-order valence-corrected chi connectivity index (χ2v) is 5.19. The number of rotatable bonds is 4. The summed E-state index contributed by atoms with van der Waals surface area (Å²) in [6.45, 7) is 3.74. The zero-order valence-electron chi connectivity index (χ0n) is 11.1. The summed E-state index contributed by atoms with van der Waals surface area (Å²) in [5.74, 6) is 0.984. The minimum absolute atomic E-state index is 0.113. The van der Waals surface area contributed by atoms with Crippen LogP contribution in [0, 0.1) is 12.8 Å². The molecule has 18 heavy (non-hydrogen) atoms. The van der Waals surface area contributed by atoms with Crippen LogP contribution in [-0.4, -0.2) is 18.6 Å². The van der Waals surface area contributed by atoms with Gasteiger partial charge < -0.3 is 15.8 Å². The molecular formula is C14H20N2O2. The number of carbonyl (C=O) groups is 1. The molecule has 1 unspecified atom stereocenters. The van der Waals surface area contributed by atoms with Crippen LogP contribution < -0.4 is 15.8 Å². The molecule has 0 radical (unpaired) electrons. The van der Waals surface area contributed by atoms with E-state index in [-0.39, 0.29) is 5.91 Å². The molecule has 4 heteroatoms. The Morgan fingerprint density at radius 3 is 2.67 bits per heavy atom. The van der Waals surface area contributed by atoms with Gasteiger partial charge >= 0.3 is 0 Å². The molecule has 0 bridgehead atoms. The molecule has 98 valence electrons. The van der Waals surface area contributed by atoms with Crippen molar-refractivity contribution >= 4 is 11.6 Å². The smallest absolute Gasteiger partial charge is 0.244 e. The van der Waals surface area contributed by atoms with E-state index in [1.54, 1.807) is 14.0 Å². The average Bonchev–Trinajstić information content (AvgIpc) is 3.15. The molecule has 2 rings (SSSR count). The summed E-state index contributed by atoms with van der Waals surface area (Å²) in [5.41, 5.74) is 7.07. The zero-order chi connectivity index (χ0) is 13.3. The van der Waals surface area contributed by atoms with Gasteiger partial charge in [0.25, 0.3) is 0 Å². The van der Waals surface area contributed by atoms with Crippen molar-refractivity contribution in [1.82, 2.24) is 0 Å². The van der Waals surface area contributed by atoms with Crippen molar-refractivity contribution in [2.75, 3.05) is 12.4 Å². The van der Waals surface area contributed by atoms with E-state index < -0.39 is 5.54 Å². The normalized spacial score (nSPS) is 18.0. The number of amides is 1. The van der Waals surface area contributed by atoms with Crippen LogP contribution in [0.5, 0.6) is 5.75 Å². The van der Waals surface area contributed by atoms with Gasteiger partial charge in [-0.25, -0.2) is 0 Å². The number of anilines is 1. The van der Waals surface area contributed by atoms with Crippen LogP contribution in [0.3, 0.4) is 0 Å². The van der Waals surface area contributed by atoms with Crippen molar-refractivity contribution in [3.05, 3.63) is 23.8 Å². The molecule has 1 atom stereocenters. The second-order valence-electron chi connectivity index (χ2n) is 5.19. The summed E-state index contributed by atoms with van der Waals surface area (Å²) < 4.78 is 5.13. The lowest BCUT2D eigenvalue weighted by Gasteiger charge is -2.23. The van der Waals surface area contributed by atoms with Crippen LogP contribution in [-0.2, 0) is 4.79 Å². The van der Waals surface area contributed by atoms with E-state index in [0.29, 0.717) is 5.92 Å². The Hall–Kier alpha value is -1.55. The largest absolute Gasteiger partial charge is 0.497 e. The first-order valence-corrected chi connectivity index (χ1v) is 6.20. The van der Waals surface area contributed by atoms with E-state index in [4.69, 9.17) is 10.5 Å². The van der Waals surface area contributed by atoms with E-state index in [0.717, 1.165) is 29.8 Å². The summed E-state index contributed by atoms with van der Waals surface area (Å²) >= 11 is 0. The number of nitrogens with one attached hydrogen (secondary N) is 1. The number of nitrogens with two attached hydrogens (primary N) is 1. The number of carbonyl (C=O) groups excluding carboxylic acids is 1. The number of benzene rings is 1. The minimum Gasteiger partial charge on any atom is -0.497 e. The SMILES string of the molecule is COc1ccc(NC(=O)C(C)(N)C2CC2)c(C)c1. The highest BCUT2D eigenvalue weighted by molar-refractivity contribution is 5.98. The van der Waals surface area contributed by atoms with E-state index in [9.17, 15) is 4.79 Å². The lowest BCUT2D eigenvalue weighted by atomic mass is 9.96. The second kappa shape index (κ2) is 4.61. The zero-order valence-corrected chi connectivity index (χ0v) is 11.1. The molecule has 1 fully saturated rings. The predicted molar refractivity (Wildman–Crippen MR) is 71.7 cm³/mol. The van der Waals surface area contributed by atoms with Gasteiger partial charge in [0.1, 0.15) is 5.75 Å². The van der Waals surface area contributed by atoms with Crippen molar-refractivity contribution < 1.29 is 9.53 Å². The fraction of sp³-hybridized carbons (Fsp3) is 0.500. The highest BCUT2D eigenvalue weighted by Gasteiger charge is 2.44. The third-order valence-electron chi connectivity index (χ3n) is 3.60. The molecule has 4 nitrogen and oxygen atoms in total. The Bertz CT molecular complexity index is 465. The van der Waals surface area contributed by atoms with E-state index in [1.807, 2.05) is 25.1 Å². The average molecular weight is 248 g/mol. The van der Waals surface area contributed by atoms with Crippen molar-refractivity contribution in [1.29, 1.82) is 0 Å². The fourth-order valence-electron chi connectivity index (χ4n) is 2.03. The lowest BCUT2D eigenvalue weighted by Crippen LogP contribution is -2.50. The fourth-order valence-corrected chi connectivity index (χ4v) is 2.03. The van der Waals surface area contributed by atoms with Crippen LogP contribution in [0.15, 0.2) is 18.2 Å². The monoisotopic (exact) mass is 248 g/mol. The molecule has 1 aliphatic rings. The number of methoxy groups -OCH3 is 1. The highest BCUT2D eigenvalue weighted by atomic mass is 16.5. The maximum atomic E-state index is 12.2. The van der Waals surface area contributed by atoms with E-state index >= 15 is 0 Å². The minimum atomic E-state index is -0.771. The van der Waals surface area contributed by atoms with Crippen molar-refractivity contribution in [2.45, 2.75) is 32.2 Å². The van der Waals surface area contributed by atoms with Gasteiger partial charge in [-0.2, -0.15) is 0 Å². The van der Waals surface area contributed by atoms with Crippen LogP contribution in [0.4, 0.5) is 5.69 Å². The van der Waals surface area contributed by atoms with Crippen molar-refractivity contribution in [3.8, 4) is 5.75 Å². The Morgan fingerprint density at radius 1 is 1.50 bits per heavy atom. The van der Waals surface area contributed by atoms with Gasteiger partial charge in [0.2, 0.25) is 5.91 Å². The Balaban J connectivity index is 2.11. The van der Waals surface area contributed by atoms with Gasteiger partial charge in [0.05, 0.1) is 12.6 Å². The Morgan fingerprint density at radius 2 is 2.17 bits per heavy atom. The van der Waals surface area contributed by atoms with Gasteiger partial charge in [-0.3, -0.25) is 4.79 Å². The Kier molecular flexibility index (Phi) is 3.30. The van der Waals surface area contributed by atoms with Gasteiger partial charge in [0.15, 0.2) is 0 Å². The maximum Gasteiger partial charge on any atom is 0.244 e. The summed E-state index contributed by atoms with van der Waals surface area (Å²) in [4.78, 5) is 12.2. The number of aryl methyl sites for hydroxylation is 1. The van der Waals surface area contributed by atoms with Gasteiger partial charge in [-0.15, -0.1) is 0 Å². The molecule has 0 heterocycles. The Labute approximate surface area is 108 Å². The molecular weight excluding hydrogens is 228 g/mol. The highest BCUT2D eigenvalue weighted by Crippen LogP contribution is 2.38. The van der Waals surface area contributed by atoms with Crippen LogP contribution in [0.1, 0.15) is 25.3 Å². The molecule has 0 aliphatic heterocycles. The van der Waals surface area contributed by atoms with Gasteiger partial charge in [-0.1, -0.05) is 0 Å². The van der Waals surface area contributed by atoms with Crippen molar-refractivity contribution in [3.63, 3.8) is 0 Å². The molecule has 1 aliphatic carbocycles. The summed E-state index contributed by atoms with van der Waals surface area (Å²) in [6.07, 6.45) is 2.09. The quantitative estimate of drug-likeness (QED) is 0.857. The third-order valence-corrected chi connectivity index (χ3v) is 3.60. The molecule has 0 spiro atoms. The number of ether oxygens (including phenoxy) is 1. The summed E-state index contributed by atoms with van der Waals surface area (Å²) in [7, 11) is 1.62. The van der Waals surface area contributed by atoms with Crippen LogP contribution in [0.2, 0.25) is 0 Å². The lowest BCUT2D eigenvalue weighted by molar-refractivity contribution is -0.121. The standard InChI is InChI=1S/C14H20N2O2/c1-9-8-11(18-3)6-7-12(9)16-13(17)14(2,15)10-4-5-10/h6-8,10H,4-5,15H2,1-3H3,(H,16,17). The van der Waals surface area contributed by atoms with E-state index in [2.05, 4.69) is 5.32 Å². The molecule has 1 amide bonds. The van der Waals surface area contributed by atoms with Gasteiger partial charge in [-0.05, 0) is 56.4 Å². The first-order valence-electron chi connectivity index (χ1n) is 6.20. The van der Waals surface area contributed by atoms with Crippen molar-refractivity contribution in [2.24, 2.45) is 11.7 Å². The maximum absolute atomic E-state index is 12.2. The van der Waals surface area contributed by atoms with E-state index in [1.165, 1.54) is 0 Å². The molecule has 1 saturated carbocycles. The number of hydrogen-bond acceptors (Lipinski definition) is 3. The predicted octanol–water partition coefficient (Wildman–Crippen LogP) is 2.07. The summed E-state index contributed by atoms with van der Waals surface area (Å²) in [5, 5.41) is 2.90. The molecule has 0 aromatic heterocycles.